The van der Waals surface area contributed by atoms with E-state index in [0.29, 0.717) is 5.78 Å². The molecule has 14 heavy (non-hydrogen) atoms. The number of carbonyl (C=O) groups excluding carboxylic acids is 1. The van der Waals surface area contributed by atoms with Crippen LogP contribution in [0.1, 0.15) is 41.3 Å². The van der Waals surface area contributed by atoms with E-state index in [9.17, 15) is 4.79 Å². The first kappa shape index (κ1) is 9.45. The summed E-state index contributed by atoms with van der Waals surface area (Å²) in [6.07, 6.45) is 3.10. The number of Topliss-reactive ketones (excluding diaryl/α,β-unsaturated/α-hetero) is 1. The predicted molar refractivity (Wildman–Crippen MR) is 57.6 cm³/mol. The summed E-state index contributed by atoms with van der Waals surface area (Å²) in [5, 5.41) is 0. The van der Waals surface area contributed by atoms with Gasteiger partial charge in [0.1, 0.15) is 0 Å². The Morgan fingerprint density at radius 2 is 2.21 bits per heavy atom. The number of aryl methyl sites for hydroxylation is 1. The second-order valence-electron chi connectivity index (χ2n) is 4.21. The Bertz CT molecular complexity index is 365. The van der Waals surface area contributed by atoms with E-state index >= 15 is 0 Å². The Balaban J connectivity index is 2.31. The Kier molecular flexibility index (Phi) is 2.40. The third-order valence-electron chi connectivity index (χ3n) is 3.00. The molecule has 1 aromatic carbocycles. The molecule has 1 atom stereocenters. The van der Waals surface area contributed by atoms with Crippen LogP contribution in [0.3, 0.4) is 0 Å². The van der Waals surface area contributed by atoms with E-state index in [1.54, 1.807) is 0 Å². The molecule has 1 nitrogen and oxygen atoms in total. The van der Waals surface area contributed by atoms with Crippen molar-refractivity contribution in [2.45, 2.75) is 33.1 Å². The van der Waals surface area contributed by atoms with E-state index < -0.39 is 0 Å². The molecule has 0 fully saturated rings. The van der Waals surface area contributed by atoms with Gasteiger partial charge in [0.05, 0.1) is 0 Å². The molecule has 0 aromatic heterocycles. The molecule has 0 N–H and O–H groups in total. The normalized spacial score (nSPS) is 19.9. The molecule has 1 aliphatic rings. The number of fused-ring (bicyclic) bond motifs is 1. The highest BCUT2D eigenvalue weighted by Crippen LogP contribution is 2.30. The van der Waals surface area contributed by atoms with Crippen molar-refractivity contribution in [2.75, 3.05) is 0 Å². The lowest BCUT2D eigenvalue weighted by Gasteiger charge is -2.03. The van der Waals surface area contributed by atoms with Gasteiger partial charge in [-0.1, -0.05) is 37.1 Å². The van der Waals surface area contributed by atoms with Crippen molar-refractivity contribution in [3.05, 3.63) is 34.9 Å². The van der Waals surface area contributed by atoms with Crippen molar-refractivity contribution in [3.8, 4) is 0 Å². The van der Waals surface area contributed by atoms with E-state index in [1.165, 1.54) is 11.1 Å². The lowest BCUT2D eigenvalue weighted by molar-refractivity contribution is 0.0930. The summed E-state index contributed by atoms with van der Waals surface area (Å²) in [5.74, 6) is 0.624. The zero-order chi connectivity index (χ0) is 10.1. The van der Waals surface area contributed by atoms with Crippen LogP contribution in [0.2, 0.25) is 0 Å². The van der Waals surface area contributed by atoms with Crippen molar-refractivity contribution >= 4 is 5.78 Å². The number of carbonyl (C=O) groups is 1. The molecule has 0 aliphatic heterocycles. The van der Waals surface area contributed by atoms with Gasteiger partial charge in [-0.2, -0.15) is 0 Å². The van der Waals surface area contributed by atoms with Crippen LogP contribution in [0.15, 0.2) is 18.2 Å². The quantitative estimate of drug-likeness (QED) is 0.696. The number of ketones is 1. The fourth-order valence-corrected chi connectivity index (χ4v) is 2.29. The van der Waals surface area contributed by atoms with E-state index in [1.807, 2.05) is 12.1 Å². The van der Waals surface area contributed by atoms with Gasteiger partial charge in [-0.25, -0.2) is 0 Å². The summed E-state index contributed by atoms with van der Waals surface area (Å²) in [6, 6.07) is 6.18. The van der Waals surface area contributed by atoms with E-state index in [0.717, 1.165) is 24.8 Å². The summed E-state index contributed by atoms with van der Waals surface area (Å²) in [4.78, 5) is 11.9. The van der Waals surface area contributed by atoms with Crippen molar-refractivity contribution in [1.82, 2.24) is 0 Å². The highest BCUT2D eigenvalue weighted by molar-refractivity contribution is 6.02. The Hall–Kier alpha value is -1.11. The molecule has 2 rings (SSSR count). The average molecular weight is 188 g/mol. The maximum atomic E-state index is 11.9. The second-order valence-corrected chi connectivity index (χ2v) is 4.21. The van der Waals surface area contributed by atoms with Gasteiger partial charge in [-0.3, -0.25) is 4.79 Å². The van der Waals surface area contributed by atoms with Gasteiger partial charge < -0.3 is 0 Å². The van der Waals surface area contributed by atoms with Gasteiger partial charge in [0, 0.05) is 11.5 Å². The number of benzene rings is 1. The molecule has 0 saturated carbocycles. The molecule has 1 unspecified atom stereocenters. The maximum absolute atomic E-state index is 11.9. The number of hydrogen-bond acceptors (Lipinski definition) is 1. The minimum absolute atomic E-state index is 0.261. The van der Waals surface area contributed by atoms with Crippen LogP contribution in [-0.4, -0.2) is 5.78 Å². The van der Waals surface area contributed by atoms with Gasteiger partial charge in [-0.15, -0.1) is 0 Å². The molecule has 0 spiro atoms. The van der Waals surface area contributed by atoms with Gasteiger partial charge >= 0.3 is 0 Å². The monoisotopic (exact) mass is 188 g/mol. The predicted octanol–water partition coefficient (Wildman–Crippen LogP) is 3.15. The van der Waals surface area contributed by atoms with Crippen molar-refractivity contribution in [3.63, 3.8) is 0 Å². The Morgan fingerprint density at radius 3 is 2.93 bits per heavy atom. The van der Waals surface area contributed by atoms with Crippen LogP contribution < -0.4 is 0 Å². The molecule has 0 radical (unpaired) electrons. The molecule has 74 valence electrons. The van der Waals surface area contributed by atoms with Crippen LogP contribution in [-0.2, 0) is 6.42 Å². The minimum atomic E-state index is 0.261. The van der Waals surface area contributed by atoms with Gasteiger partial charge in [-0.05, 0) is 25.3 Å². The molecule has 0 bridgehead atoms. The van der Waals surface area contributed by atoms with E-state index in [2.05, 4.69) is 19.9 Å². The fourth-order valence-electron chi connectivity index (χ4n) is 2.29. The van der Waals surface area contributed by atoms with Gasteiger partial charge in [0.25, 0.3) is 0 Å². The highest BCUT2D eigenvalue weighted by atomic mass is 16.1. The summed E-state index contributed by atoms with van der Waals surface area (Å²) in [6.45, 7) is 4.22. The van der Waals surface area contributed by atoms with Gasteiger partial charge in [0.15, 0.2) is 5.78 Å². The molecule has 1 aliphatic carbocycles. The van der Waals surface area contributed by atoms with Crippen molar-refractivity contribution in [2.24, 2.45) is 5.92 Å². The average Bonchev–Trinajstić information content (AvgIpc) is 2.44. The molecule has 0 heterocycles. The standard InChI is InChI=1S/C13H16O/c1-3-4-10-8-11-7-9(2)5-6-12(11)13(10)14/h5-7,10H,3-4,8H2,1-2H3. The highest BCUT2D eigenvalue weighted by Gasteiger charge is 2.29. The Labute approximate surface area is 85.1 Å². The van der Waals surface area contributed by atoms with Crippen LogP contribution in [0.25, 0.3) is 0 Å². The van der Waals surface area contributed by atoms with Crippen LogP contribution in [0.5, 0.6) is 0 Å². The first-order valence-electron chi connectivity index (χ1n) is 5.36. The summed E-state index contributed by atoms with van der Waals surface area (Å²) < 4.78 is 0. The fraction of sp³-hybridized carbons (Fsp3) is 0.462. The SMILES string of the molecule is CCCC1Cc2cc(C)ccc2C1=O. The van der Waals surface area contributed by atoms with Crippen molar-refractivity contribution < 1.29 is 4.79 Å². The summed E-state index contributed by atoms with van der Waals surface area (Å²) in [5.41, 5.74) is 3.48. The zero-order valence-electron chi connectivity index (χ0n) is 8.84. The van der Waals surface area contributed by atoms with Gasteiger partial charge in [0.2, 0.25) is 0 Å². The second kappa shape index (κ2) is 3.56. The molecule has 1 aromatic rings. The van der Waals surface area contributed by atoms with E-state index in [-0.39, 0.29) is 5.92 Å². The number of rotatable bonds is 2. The maximum Gasteiger partial charge on any atom is 0.166 e. The van der Waals surface area contributed by atoms with Crippen molar-refractivity contribution in [1.29, 1.82) is 0 Å². The Morgan fingerprint density at radius 1 is 1.43 bits per heavy atom. The third kappa shape index (κ3) is 1.47. The topological polar surface area (TPSA) is 17.1 Å². The van der Waals surface area contributed by atoms with Crippen LogP contribution in [0.4, 0.5) is 0 Å². The molecule has 1 heteroatoms. The lowest BCUT2D eigenvalue weighted by Crippen LogP contribution is -2.07. The van der Waals surface area contributed by atoms with Crippen LogP contribution >= 0.6 is 0 Å². The molecule has 0 amide bonds. The summed E-state index contributed by atoms with van der Waals surface area (Å²) in [7, 11) is 0. The smallest absolute Gasteiger partial charge is 0.166 e. The zero-order valence-corrected chi connectivity index (χ0v) is 8.84. The summed E-state index contributed by atoms with van der Waals surface area (Å²) >= 11 is 0. The third-order valence-corrected chi connectivity index (χ3v) is 3.00. The first-order chi connectivity index (χ1) is 6.72. The van der Waals surface area contributed by atoms with E-state index in [4.69, 9.17) is 0 Å². The molecule has 0 saturated heterocycles. The molecular formula is C13H16O. The largest absolute Gasteiger partial charge is 0.294 e. The molecular weight excluding hydrogens is 172 g/mol. The lowest BCUT2D eigenvalue weighted by atomic mass is 10.00. The number of hydrogen-bond donors (Lipinski definition) is 0. The first-order valence-corrected chi connectivity index (χ1v) is 5.36. The van der Waals surface area contributed by atoms with Crippen LogP contribution in [0, 0.1) is 12.8 Å². The minimum Gasteiger partial charge on any atom is -0.294 e.